The summed E-state index contributed by atoms with van der Waals surface area (Å²) in [7, 11) is 0. The SMILES string of the molecule is CCCC1NC(=O)CCN(CCc2ccc(Br)s2)C1=O. The molecule has 0 saturated carbocycles. The van der Waals surface area contributed by atoms with Crippen molar-refractivity contribution in [1.82, 2.24) is 10.2 Å². The third-order valence-corrected chi connectivity index (χ3v) is 5.07. The highest BCUT2D eigenvalue weighted by molar-refractivity contribution is 9.11. The van der Waals surface area contributed by atoms with E-state index in [0.29, 0.717) is 25.9 Å². The largest absolute Gasteiger partial charge is 0.344 e. The average molecular weight is 359 g/mol. The van der Waals surface area contributed by atoms with Gasteiger partial charge in [-0.25, -0.2) is 0 Å². The Morgan fingerprint density at radius 1 is 1.45 bits per heavy atom. The van der Waals surface area contributed by atoms with E-state index in [1.807, 2.05) is 17.9 Å². The lowest BCUT2D eigenvalue weighted by atomic mass is 10.1. The molecule has 1 aliphatic heterocycles. The van der Waals surface area contributed by atoms with Gasteiger partial charge in [0.15, 0.2) is 0 Å². The van der Waals surface area contributed by atoms with Gasteiger partial charge in [-0.15, -0.1) is 11.3 Å². The minimum Gasteiger partial charge on any atom is -0.344 e. The lowest BCUT2D eigenvalue weighted by Crippen LogP contribution is -2.45. The molecule has 2 heterocycles. The first kappa shape index (κ1) is 15.5. The number of thiophene rings is 1. The topological polar surface area (TPSA) is 49.4 Å². The Hall–Kier alpha value is -0.880. The van der Waals surface area contributed by atoms with Crippen LogP contribution in [0.2, 0.25) is 0 Å². The molecule has 1 fully saturated rings. The van der Waals surface area contributed by atoms with E-state index in [4.69, 9.17) is 0 Å². The van der Waals surface area contributed by atoms with Crippen molar-refractivity contribution in [3.63, 3.8) is 0 Å². The predicted octanol–water partition coefficient (Wildman–Crippen LogP) is 2.57. The highest BCUT2D eigenvalue weighted by Gasteiger charge is 2.28. The third kappa shape index (κ3) is 4.06. The molecule has 20 heavy (non-hydrogen) atoms. The van der Waals surface area contributed by atoms with Crippen molar-refractivity contribution in [2.75, 3.05) is 13.1 Å². The summed E-state index contributed by atoms with van der Waals surface area (Å²) in [5.74, 6) is 0.0477. The zero-order valence-corrected chi connectivity index (χ0v) is 13.9. The van der Waals surface area contributed by atoms with Gasteiger partial charge in [0.2, 0.25) is 11.8 Å². The van der Waals surface area contributed by atoms with Crippen molar-refractivity contribution in [2.45, 2.75) is 38.6 Å². The first-order valence-corrected chi connectivity index (χ1v) is 8.53. The second kappa shape index (κ2) is 7.22. The lowest BCUT2D eigenvalue weighted by molar-refractivity contribution is -0.133. The molecule has 1 unspecified atom stereocenters. The van der Waals surface area contributed by atoms with Crippen molar-refractivity contribution >= 4 is 39.1 Å². The van der Waals surface area contributed by atoms with Crippen LogP contribution in [0.15, 0.2) is 15.9 Å². The summed E-state index contributed by atoms with van der Waals surface area (Å²) < 4.78 is 1.11. The molecule has 2 amide bonds. The molecule has 0 radical (unpaired) electrons. The molecule has 110 valence electrons. The third-order valence-electron chi connectivity index (χ3n) is 3.39. The molecular formula is C14H19BrN2O2S. The number of rotatable bonds is 5. The van der Waals surface area contributed by atoms with Gasteiger partial charge < -0.3 is 10.2 Å². The molecule has 0 bridgehead atoms. The van der Waals surface area contributed by atoms with Crippen LogP contribution in [0.4, 0.5) is 0 Å². The summed E-state index contributed by atoms with van der Waals surface area (Å²) in [6.45, 7) is 3.23. The minimum absolute atomic E-state index is 0.0156. The van der Waals surface area contributed by atoms with Gasteiger partial charge >= 0.3 is 0 Å². The van der Waals surface area contributed by atoms with Crippen LogP contribution in [-0.2, 0) is 16.0 Å². The van der Waals surface area contributed by atoms with Crippen LogP contribution in [-0.4, -0.2) is 35.8 Å². The average Bonchev–Trinajstić information content (AvgIpc) is 2.77. The Bertz CT molecular complexity index is 489. The molecule has 1 atom stereocenters. The molecular weight excluding hydrogens is 340 g/mol. The van der Waals surface area contributed by atoms with Crippen LogP contribution in [0.25, 0.3) is 0 Å². The molecule has 1 saturated heterocycles. The standard InChI is InChI=1S/C14H19BrN2O2S/c1-2-3-11-14(19)17(9-7-13(18)16-11)8-6-10-4-5-12(15)20-10/h4-5,11H,2-3,6-9H2,1H3,(H,16,18). The lowest BCUT2D eigenvalue weighted by Gasteiger charge is -2.23. The Labute approximate surface area is 131 Å². The number of halogens is 1. The fraction of sp³-hybridized carbons (Fsp3) is 0.571. The fourth-order valence-corrected chi connectivity index (χ4v) is 3.80. The molecule has 6 heteroatoms. The van der Waals surface area contributed by atoms with Crippen LogP contribution < -0.4 is 5.32 Å². The van der Waals surface area contributed by atoms with Crippen LogP contribution in [0, 0.1) is 0 Å². The monoisotopic (exact) mass is 358 g/mol. The maximum absolute atomic E-state index is 12.4. The van der Waals surface area contributed by atoms with E-state index >= 15 is 0 Å². The Kier molecular flexibility index (Phi) is 5.60. The zero-order chi connectivity index (χ0) is 14.5. The van der Waals surface area contributed by atoms with E-state index in [0.717, 1.165) is 16.6 Å². The summed E-state index contributed by atoms with van der Waals surface area (Å²) in [5.41, 5.74) is 0. The molecule has 0 aromatic carbocycles. The molecule has 1 aromatic heterocycles. The first-order valence-electron chi connectivity index (χ1n) is 6.92. The smallest absolute Gasteiger partial charge is 0.245 e. The van der Waals surface area contributed by atoms with Crippen LogP contribution in [0.5, 0.6) is 0 Å². The number of amides is 2. The van der Waals surface area contributed by atoms with Gasteiger partial charge in [-0.2, -0.15) is 0 Å². The van der Waals surface area contributed by atoms with E-state index in [1.165, 1.54) is 4.88 Å². The zero-order valence-electron chi connectivity index (χ0n) is 11.5. The highest BCUT2D eigenvalue weighted by Crippen LogP contribution is 2.22. The van der Waals surface area contributed by atoms with Crippen molar-refractivity contribution in [3.8, 4) is 0 Å². The summed E-state index contributed by atoms with van der Waals surface area (Å²) >= 11 is 5.13. The predicted molar refractivity (Wildman–Crippen MR) is 83.8 cm³/mol. The van der Waals surface area contributed by atoms with E-state index in [9.17, 15) is 9.59 Å². The van der Waals surface area contributed by atoms with E-state index in [2.05, 4.69) is 27.3 Å². The molecule has 1 aliphatic rings. The van der Waals surface area contributed by atoms with Crippen molar-refractivity contribution in [3.05, 3.63) is 20.8 Å². The maximum atomic E-state index is 12.4. The second-order valence-corrected chi connectivity index (χ2v) is 7.49. The number of carbonyl (C=O) groups is 2. The Morgan fingerprint density at radius 2 is 2.25 bits per heavy atom. The van der Waals surface area contributed by atoms with E-state index in [-0.39, 0.29) is 17.9 Å². The first-order chi connectivity index (χ1) is 9.60. The van der Waals surface area contributed by atoms with Crippen LogP contribution in [0.3, 0.4) is 0 Å². The maximum Gasteiger partial charge on any atom is 0.245 e. The van der Waals surface area contributed by atoms with Crippen molar-refractivity contribution in [2.24, 2.45) is 0 Å². The van der Waals surface area contributed by atoms with E-state index < -0.39 is 0 Å². The quantitative estimate of drug-likeness (QED) is 0.879. The van der Waals surface area contributed by atoms with Gasteiger partial charge in [-0.1, -0.05) is 13.3 Å². The highest BCUT2D eigenvalue weighted by atomic mass is 79.9. The van der Waals surface area contributed by atoms with Gasteiger partial charge in [0.25, 0.3) is 0 Å². The van der Waals surface area contributed by atoms with E-state index in [1.54, 1.807) is 11.3 Å². The normalized spacial score (nSPS) is 19.9. The van der Waals surface area contributed by atoms with Gasteiger partial charge in [0, 0.05) is 24.4 Å². The fourth-order valence-electron chi connectivity index (χ4n) is 2.33. The number of carbonyl (C=O) groups excluding carboxylic acids is 2. The number of nitrogens with zero attached hydrogens (tertiary/aromatic N) is 1. The minimum atomic E-state index is -0.343. The Morgan fingerprint density at radius 3 is 2.90 bits per heavy atom. The molecule has 1 N–H and O–H groups in total. The molecule has 0 spiro atoms. The van der Waals surface area contributed by atoms with Crippen LogP contribution in [0.1, 0.15) is 31.1 Å². The molecule has 4 nitrogen and oxygen atoms in total. The summed E-state index contributed by atoms with van der Waals surface area (Å²) in [6.07, 6.45) is 2.85. The number of hydrogen-bond donors (Lipinski definition) is 1. The number of hydrogen-bond acceptors (Lipinski definition) is 3. The molecule has 0 aliphatic carbocycles. The molecule has 2 rings (SSSR count). The second-order valence-electron chi connectivity index (χ2n) is 4.94. The molecule has 1 aromatic rings. The summed E-state index contributed by atoms with van der Waals surface area (Å²) in [5, 5.41) is 2.83. The van der Waals surface area contributed by atoms with Gasteiger partial charge in [0.05, 0.1) is 3.79 Å². The summed E-state index contributed by atoms with van der Waals surface area (Å²) in [4.78, 5) is 27.1. The van der Waals surface area contributed by atoms with Crippen molar-refractivity contribution in [1.29, 1.82) is 0 Å². The van der Waals surface area contributed by atoms with Gasteiger partial charge in [0.1, 0.15) is 6.04 Å². The van der Waals surface area contributed by atoms with Gasteiger partial charge in [-0.3, -0.25) is 9.59 Å². The van der Waals surface area contributed by atoms with Crippen LogP contribution >= 0.6 is 27.3 Å². The Balaban J connectivity index is 1.97. The number of nitrogens with one attached hydrogen (secondary N) is 1. The summed E-state index contributed by atoms with van der Waals surface area (Å²) in [6, 6.07) is 3.75. The van der Waals surface area contributed by atoms with Crippen molar-refractivity contribution < 1.29 is 9.59 Å². The van der Waals surface area contributed by atoms with Gasteiger partial charge in [-0.05, 0) is 40.9 Å².